The smallest absolute Gasteiger partial charge is 0.229 e. The van der Waals surface area contributed by atoms with Crippen molar-refractivity contribution in [1.29, 1.82) is 0 Å². The predicted molar refractivity (Wildman–Crippen MR) is 133 cm³/mol. The minimum Gasteiger partial charge on any atom is -0.371 e. The van der Waals surface area contributed by atoms with Crippen molar-refractivity contribution in [2.24, 2.45) is 5.92 Å². The summed E-state index contributed by atoms with van der Waals surface area (Å²) in [6, 6.07) is 10.7. The molecule has 1 N–H and O–H groups in total. The van der Waals surface area contributed by atoms with Gasteiger partial charge in [0.1, 0.15) is 11.6 Å². The molecule has 7 heteroatoms. The first-order valence-corrected chi connectivity index (χ1v) is 13.6. The van der Waals surface area contributed by atoms with E-state index in [2.05, 4.69) is 41.7 Å². The first kappa shape index (κ1) is 25.2. The minimum absolute atomic E-state index is 0.0365. The Morgan fingerprint density at radius 3 is 2.48 bits per heavy atom. The van der Waals surface area contributed by atoms with Gasteiger partial charge in [0, 0.05) is 31.1 Å². The van der Waals surface area contributed by atoms with Gasteiger partial charge in [-0.1, -0.05) is 38.5 Å². The zero-order chi connectivity index (χ0) is 24.2. The Bertz CT molecular complexity index is 1090. The first-order valence-electron chi connectivity index (χ1n) is 11.7. The Hall–Kier alpha value is -2.41. The Kier molecular flexibility index (Phi) is 8.16. The highest BCUT2D eigenvalue weighted by Crippen LogP contribution is 2.30. The van der Waals surface area contributed by atoms with Crippen LogP contribution in [0.25, 0.3) is 0 Å². The second-order valence-corrected chi connectivity index (χ2v) is 11.0. The summed E-state index contributed by atoms with van der Waals surface area (Å²) < 4.78 is 39.2. The summed E-state index contributed by atoms with van der Waals surface area (Å²) in [5.74, 6) is -0.319. The highest BCUT2D eigenvalue weighted by Gasteiger charge is 2.22. The summed E-state index contributed by atoms with van der Waals surface area (Å²) in [5.41, 5.74) is 4.05. The van der Waals surface area contributed by atoms with E-state index in [0.717, 1.165) is 25.3 Å². The molecular formula is C26H35FN2O3S. The fourth-order valence-corrected chi connectivity index (χ4v) is 5.07. The van der Waals surface area contributed by atoms with E-state index in [1.165, 1.54) is 48.2 Å². The van der Waals surface area contributed by atoms with Crippen molar-refractivity contribution in [3.63, 3.8) is 0 Å². The van der Waals surface area contributed by atoms with Crippen LogP contribution in [-0.2, 0) is 21.2 Å². The average Bonchev–Trinajstić information content (AvgIpc) is 2.78. The van der Waals surface area contributed by atoms with Crippen molar-refractivity contribution in [1.82, 2.24) is 0 Å². The van der Waals surface area contributed by atoms with Gasteiger partial charge in [-0.3, -0.25) is 9.52 Å². The number of hydrogen-bond donors (Lipinski definition) is 1. The Morgan fingerprint density at radius 2 is 1.88 bits per heavy atom. The van der Waals surface area contributed by atoms with E-state index < -0.39 is 21.8 Å². The molecule has 2 aromatic carbocycles. The lowest BCUT2D eigenvalue weighted by Gasteiger charge is -2.34. The van der Waals surface area contributed by atoms with Crippen molar-refractivity contribution in [2.75, 3.05) is 29.0 Å². The number of ketones is 1. The molecule has 3 rings (SSSR count). The quantitative estimate of drug-likeness (QED) is 0.526. The van der Waals surface area contributed by atoms with E-state index in [0.29, 0.717) is 18.4 Å². The molecular weight excluding hydrogens is 439 g/mol. The van der Waals surface area contributed by atoms with E-state index >= 15 is 0 Å². The first-order chi connectivity index (χ1) is 15.6. The highest BCUT2D eigenvalue weighted by molar-refractivity contribution is 7.92. The second kappa shape index (κ2) is 10.7. The number of piperidine rings is 1. The molecule has 0 aliphatic carbocycles. The molecule has 180 valence electrons. The van der Waals surface area contributed by atoms with Crippen molar-refractivity contribution in [2.45, 2.75) is 58.8 Å². The Labute approximate surface area is 197 Å². The number of benzene rings is 2. The number of carbonyl (C=O) groups is 1. The van der Waals surface area contributed by atoms with Crippen LogP contribution in [0.15, 0.2) is 36.4 Å². The SMILES string of the molecule is CCC1CCN(c2cc(C)ccc2CCC(=O)C(C)c2ccc(NS(C)(=O)=O)c(F)c2)CC1. The average molecular weight is 475 g/mol. The van der Waals surface area contributed by atoms with Gasteiger partial charge in [0.05, 0.1) is 11.9 Å². The second-order valence-electron chi connectivity index (χ2n) is 9.27. The number of Topliss-reactive ketones (excluding diaryl/α,β-unsaturated/α-hetero) is 1. The van der Waals surface area contributed by atoms with Gasteiger partial charge >= 0.3 is 0 Å². The maximum absolute atomic E-state index is 14.4. The molecule has 0 amide bonds. The van der Waals surface area contributed by atoms with E-state index in [1.54, 1.807) is 13.0 Å². The number of aryl methyl sites for hydroxylation is 2. The zero-order valence-corrected chi connectivity index (χ0v) is 20.8. The van der Waals surface area contributed by atoms with E-state index in [9.17, 15) is 17.6 Å². The van der Waals surface area contributed by atoms with Crippen LogP contribution in [-0.4, -0.2) is 33.5 Å². The van der Waals surface area contributed by atoms with Crippen LogP contribution in [0.4, 0.5) is 15.8 Å². The molecule has 1 saturated heterocycles. The van der Waals surface area contributed by atoms with Crippen LogP contribution < -0.4 is 9.62 Å². The van der Waals surface area contributed by atoms with Crippen LogP contribution in [0.3, 0.4) is 0 Å². The van der Waals surface area contributed by atoms with Crippen LogP contribution in [0.1, 0.15) is 62.1 Å². The van der Waals surface area contributed by atoms with Crippen molar-refractivity contribution in [3.8, 4) is 0 Å². The number of sulfonamides is 1. The molecule has 1 heterocycles. The molecule has 1 fully saturated rings. The third-order valence-corrected chi connectivity index (χ3v) is 7.28. The van der Waals surface area contributed by atoms with Gasteiger partial charge in [0.2, 0.25) is 10.0 Å². The largest absolute Gasteiger partial charge is 0.371 e. The van der Waals surface area contributed by atoms with Gasteiger partial charge in [-0.05, 0) is 67.0 Å². The molecule has 0 spiro atoms. The normalized spacial score (nSPS) is 16.0. The Morgan fingerprint density at radius 1 is 1.18 bits per heavy atom. The third-order valence-electron chi connectivity index (χ3n) is 6.69. The molecule has 33 heavy (non-hydrogen) atoms. The fraction of sp³-hybridized carbons (Fsp3) is 0.500. The van der Waals surface area contributed by atoms with Gasteiger partial charge in [0.25, 0.3) is 0 Å². The lowest BCUT2D eigenvalue weighted by atomic mass is 9.91. The topological polar surface area (TPSA) is 66.5 Å². The number of nitrogens with zero attached hydrogens (tertiary/aromatic N) is 1. The van der Waals surface area contributed by atoms with E-state index in [1.807, 2.05) is 0 Å². The van der Waals surface area contributed by atoms with Crippen molar-refractivity contribution >= 4 is 27.2 Å². The van der Waals surface area contributed by atoms with E-state index in [-0.39, 0.29) is 11.5 Å². The number of halogens is 1. The third kappa shape index (κ3) is 6.79. The summed E-state index contributed by atoms with van der Waals surface area (Å²) in [6.07, 6.45) is 5.62. The van der Waals surface area contributed by atoms with Crippen LogP contribution in [0.5, 0.6) is 0 Å². The molecule has 2 aromatic rings. The lowest BCUT2D eigenvalue weighted by Crippen LogP contribution is -2.34. The molecule has 1 atom stereocenters. The van der Waals surface area contributed by atoms with Crippen LogP contribution >= 0.6 is 0 Å². The van der Waals surface area contributed by atoms with Crippen molar-refractivity contribution < 1.29 is 17.6 Å². The highest BCUT2D eigenvalue weighted by atomic mass is 32.2. The monoisotopic (exact) mass is 474 g/mol. The van der Waals surface area contributed by atoms with Gasteiger partial charge < -0.3 is 4.90 Å². The maximum atomic E-state index is 14.4. The summed E-state index contributed by atoms with van der Waals surface area (Å²) >= 11 is 0. The zero-order valence-electron chi connectivity index (χ0n) is 20.0. The van der Waals surface area contributed by atoms with Gasteiger partial charge in [-0.2, -0.15) is 0 Å². The van der Waals surface area contributed by atoms with Crippen LogP contribution in [0, 0.1) is 18.7 Å². The van der Waals surface area contributed by atoms with Crippen molar-refractivity contribution in [3.05, 3.63) is 58.9 Å². The maximum Gasteiger partial charge on any atom is 0.229 e. The lowest BCUT2D eigenvalue weighted by molar-refractivity contribution is -0.120. The molecule has 5 nitrogen and oxygen atoms in total. The fourth-order valence-electron chi connectivity index (χ4n) is 4.51. The molecule has 0 bridgehead atoms. The summed E-state index contributed by atoms with van der Waals surface area (Å²) in [7, 11) is -3.57. The van der Waals surface area contributed by atoms with E-state index in [4.69, 9.17) is 0 Å². The minimum atomic E-state index is -3.57. The number of hydrogen-bond acceptors (Lipinski definition) is 4. The number of rotatable bonds is 9. The molecule has 1 aliphatic heterocycles. The standard InChI is InChI=1S/C26H35FN2O3S/c1-5-20-12-14-29(15-13-20)25-16-18(2)6-7-21(25)9-11-26(30)19(3)22-8-10-24(23(27)17-22)28-33(4,31)32/h6-8,10,16-17,19-20,28H,5,9,11-15H2,1-4H3. The summed E-state index contributed by atoms with van der Waals surface area (Å²) in [6.45, 7) is 8.22. The summed E-state index contributed by atoms with van der Waals surface area (Å²) in [5, 5.41) is 0. The van der Waals surface area contributed by atoms with Gasteiger partial charge in [0.15, 0.2) is 0 Å². The van der Waals surface area contributed by atoms with Gasteiger partial charge in [-0.15, -0.1) is 0 Å². The molecule has 1 unspecified atom stereocenters. The Balaban J connectivity index is 1.68. The molecule has 0 aromatic heterocycles. The number of nitrogens with one attached hydrogen (secondary N) is 1. The summed E-state index contributed by atoms with van der Waals surface area (Å²) in [4.78, 5) is 15.4. The number of anilines is 2. The van der Waals surface area contributed by atoms with Gasteiger partial charge in [-0.25, -0.2) is 12.8 Å². The molecule has 1 aliphatic rings. The van der Waals surface area contributed by atoms with Crippen LogP contribution in [0.2, 0.25) is 0 Å². The molecule has 0 radical (unpaired) electrons. The molecule has 0 saturated carbocycles. The predicted octanol–water partition coefficient (Wildman–Crippen LogP) is 5.44. The number of carbonyl (C=O) groups excluding carboxylic acids is 1.